The van der Waals surface area contributed by atoms with Crippen LogP contribution in [0, 0.1) is 0 Å². The monoisotopic (exact) mass is 730 g/mol. The zero-order valence-electron chi connectivity index (χ0n) is 30.8. The summed E-state index contributed by atoms with van der Waals surface area (Å²) >= 11 is 0. The smallest absolute Gasteiger partial charge is 0.173 e. The van der Waals surface area contributed by atoms with Crippen LogP contribution in [0.3, 0.4) is 0 Å². The fraction of sp³-hybridized carbons (Fsp3) is 0.0385. The Bertz CT molecular complexity index is 3160. The van der Waals surface area contributed by atoms with Crippen LogP contribution in [0.15, 0.2) is 209 Å². The topological polar surface area (TPSA) is 54.8 Å². The lowest BCUT2D eigenvalue weighted by Gasteiger charge is -2.41. The highest BCUT2D eigenvalue weighted by Gasteiger charge is 2.46. The van der Waals surface area contributed by atoms with Gasteiger partial charge in [0.05, 0.1) is 27.5 Å². The SMILES string of the molecule is c1ccc(C2=NC(c3cccc4c3oc3c4cc4c5c3c3ccccc3n5-c3ccccc3C4(c3ccccc3)c3ccccc3)N=C(c3ccccc3)N2)cc1. The van der Waals surface area contributed by atoms with Gasteiger partial charge in [-0.1, -0.05) is 176 Å². The Morgan fingerprint density at radius 2 is 1.05 bits per heavy atom. The first-order valence-corrected chi connectivity index (χ1v) is 19.5. The molecule has 0 bridgehead atoms. The zero-order valence-corrected chi connectivity index (χ0v) is 30.8. The predicted molar refractivity (Wildman–Crippen MR) is 232 cm³/mol. The number of nitrogens with zero attached hydrogens (tertiary/aromatic N) is 3. The Hall–Kier alpha value is -7.50. The summed E-state index contributed by atoms with van der Waals surface area (Å²) in [7, 11) is 0. The number of nitrogens with one attached hydrogen (secondary N) is 1. The summed E-state index contributed by atoms with van der Waals surface area (Å²) in [6.07, 6.45) is -0.537. The van der Waals surface area contributed by atoms with Crippen molar-refractivity contribution < 1.29 is 4.42 Å². The minimum Gasteiger partial charge on any atom is -0.455 e. The highest BCUT2D eigenvalue weighted by molar-refractivity contribution is 6.26. The lowest BCUT2D eigenvalue weighted by atomic mass is 9.63. The molecule has 2 aliphatic rings. The van der Waals surface area contributed by atoms with Gasteiger partial charge in [-0.3, -0.25) is 0 Å². The minimum atomic E-state index is -0.615. The molecular formula is C52H34N4O. The van der Waals surface area contributed by atoms with Crippen LogP contribution in [0.2, 0.25) is 0 Å². The molecule has 0 spiro atoms. The molecule has 5 nitrogen and oxygen atoms in total. The van der Waals surface area contributed by atoms with Gasteiger partial charge in [0.2, 0.25) is 0 Å². The summed E-state index contributed by atoms with van der Waals surface area (Å²) in [5.74, 6) is 1.55. The molecule has 0 fully saturated rings. The van der Waals surface area contributed by atoms with Gasteiger partial charge in [-0.25, -0.2) is 9.98 Å². The van der Waals surface area contributed by atoms with E-state index >= 15 is 0 Å². The minimum absolute atomic E-state index is 0.537. The van der Waals surface area contributed by atoms with Gasteiger partial charge in [0, 0.05) is 32.8 Å². The summed E-state index contributed by atoms with van der Waals surface area (Å²) in [5, 5.41) is 7.92. The van der Waals surface area contributed by atoms with Crippen LogP contribution in [0.4, 0.5) is 0 Å². The van der Waals surface area contributed by atoms with E-state index in [-0.39, 0.29) is 0 Å². The normalized spacial score (nSPS) is 14.7. The van der Waals surface area contributed by atoms with Crippen molar-refractivity contribution in [2.24, 2.45) is 9.98 Å². The van der Waals surface area contributed by atoms with E-state index < -0.39 is 11.6 Å². The van der Waals surface area contributed by atoms with Crippen LogP contribution in [-0.2, 0) is 5.41 Å². The number of benzene rings is 8. The highest BCUT2D eigenvalue weighted by Crippen LogP contribution is 2.56. The Morgan fingerprint density at radius 1 is 0.491 bits per heavy atom. The molecule has 0 radical (unpaired) electrons. The Morgan fingerprint density at radius 3 is 1.72 bits per heavy atom. The second-order valence-electron chi connectivity index (χ2n) is 14.9. The van der Waals surface area contributed by atoms with Gasteiger partial charge in [-0.2, -0.15) is 0 Å². The van der Waals surface area contributed by atoms with E-state index in [0.29, 0.717) is 0 Å². The maximum Gasteiger partial charge on any atom is 0.173 e. The van der Waals surface area contributed by atoms with Crippen LogP contribution in [-0.4, -0.2) is 16.2 Å². The van der Waals surface area contributed by atoms with Gasteiger partial charge < -0.3 is 14.3 Å². The number of furan rings is 1. The molecule has 0 saturated carbocycles. The molecule has 5 heteroatoms. The summed E-state index contributed by atoms with van der Waals surface area (Å²) in [6.45, 7) is 0. The molecular weight excluding hydrogens is 697 g/mol. The Balaban J connectivity index is 1.21. The van der Waals surface area contributed by atoms with Crippen molar-refractivity contribution in [3.05, 3.63) is 233 Å². The fourth-order valence-electron chi connectivity index (χ4n) is 9.54. The van der Waals surface area contributed by atoms with Gasteiger partial charge in [-0.15, -0.1) is 0 Å². The van der Waals surface area contributed by atoms with Gasteiger partial charge in [0.1, 0.15) is 22.8 Å². The number of aromatic nitrogens is 1. The third-order valence-corrected chi connectivity index (χ3v) is 11.9. The van der Waals surface area contributed by atoms with E-state index in [0.717, 1.165) is 72.1 Å². The van der Waals surface area contributed by atoms with Crippen molar-refractivity contribution in [1.82, 2.24) is 9.88 Å². The van der Waals surface area contributed by atoms with Crippen molar-refractivity contribution in [2.75, 3.05) is 0 Å². The molecule has 0 aliphatic carbocycles. The number of amidine groups is 2. The third-order valence-electron chi connectivity index (χ3n) is 11.9. The first kappa shape index (κ1) is 31.8. The molecule has 2 aromatic heterocycles. The lowest BCUT2D eigenvalue weighted by Crippen LogP contribution is -2.36. The van der Waals surface area contributed by atoms with Crippen LogP contribution in [0.25, 0.3) is 49.4 Å². The molecule has 0 saturated heterocycles. The third kappa shape index (κ3) is 4.51. The Kier molecular flexibility index (Phi) is 6.84. The number of aliphatic imine (C=N–C) groups is 2. The van der Waals surface area contributed by atoms with E-state index in [1.54, 1.807) is 0 Å². The molecule has 2 aliphatic heterocycles. The van der Waals surface area contributed by atoms with Crippen molar-refractivity contribution in [3.8, 4) is 5.69 Å². The summed E-state index contributed by atoms with van der Waals surface area (Å²) < 4.78 is 9.74. The van der Waals surface area contributed by atoms with Gasteiger partial charge in [-0.05, 0) is 40.5 Å². The van der Waals surface area contributed by atoms with E-state index in [1.807, 2.05) is 36.4 Å². The second-order valence-corrected chi connectivity index (χ2v) is 14.9. The first-order valence-electron chi connectivity index (χ1n) is 19.5. The first-order chi connectivity index (χ1) is 28.3. The lowest BCUT2D eigenvalue weighted by molar-refractivity contribution is 0.651. The number of fused-ring (bicyclic) bond motifs is 9. The second kappa shape index (κ2) is 12.3. The quantitative estimate of drug-likeness (QED) is 0.192. The molecule has 10 aromatic rings. The number of para-hydroxylation sites is 3. The fourth-order valence-corrected chi connectivity index (χ4v) is 9.54. The predicted octanol–water partition coefficient (Wildman–Crippen LogP) is 11.9. The summed E-state index contributed by atoms with van der Waals surface area (Å²) in [4.78, 5) is 10.5. The molecule has 4 heterocycles. The Labute approximate surface area is 328 Å². The highest BCUT2D eigenvalue weighted by atomic mass is 16.3. The maximum atomic E-state index is 7.27. The van der Waals surface area contributed by atoms with Crippen LogP contribution < -0.4 is 5.32 Å². The summed E-state index contributed by atoms with van der Waals surface area (Å²) in [6, 6.07) is 69.1. The average molecular weight is 731 g/mol. The standard InChI is InChI=1S/C52H34N4O/c1-5-18-33(19-6-1)49-53-50(34-20-7-2-8-21-34)55-51(54-49)39-28-17-27-37-40-32-42-46-45(48(40)57-47(37)39)38-26-13-15-30-43(38)56(46)44-31-16-14-29-41(44)52(42,35-22-9-3-10-23-35)36-24-11-4-12-25-36/h1-32,51H,(H,53,54,55). The van der Waals surface area contributed by atoms with Gasteiger partial charge in [0.15, 0.2) is 6.17 Å². The van der Waals surface area contributed by atoms with E-state index in [2.05, 4.69) is 168 Å². The van der Waals surface area contributed by atoms with E-state index in [1.165, 1.54) is 27.9 Å². The maximum absolute atomic E-state index is 7.27. The van der Waals surface area contributed by atoms with Crippen molar-refractivity contribution in [3.63, 3.8) is 0 Å². The molecule has 8 aromatic carbocycles. The molecule has 12 rings (SSSR count). The molecule has 57 heavy (non-hydrogen) atoms. The van der Waals surface area contributed by atoms with Crippen LogP contribution >= 0.6 is 0 Å². The molecule has 0 unspecified atom stereocenters. The van der Waals surface area contributed by atoms with E-state index in [9.17, 15) is 0 Å². The van der Waals surface area contributed by atoms with Crippen molar-refractivity contribution in [2.45, 2.75) is 11.6 Å². The average Bonchev–Trinajstić information content (AvgIpc) is 3.85. The zero-order chi connectivity index (χ0) is 37.5. The number of rotatable bonds is 5. The molecule has 0 amide bonds. The number of hydrogen-bond acceptors (Lipinski definition) is 4. The molecule has 268 valence electrons. The largest absolute Gasteiger partial charge is 0.455 e. The van der Waals surface area contributed by atoms with E-state index in [4.69, 9.17) is 14.4 Å². The van der Waals surface area contributed by atoms with Crippen LogP contribution in [0.1, 0.15) is 45.1 Å². The van der Waals surface area contributed by atoms with Gasteiger partial charge >= 0.3 is 0 Å². The molecule has 0 atom stereocenters. The number of hydrogen-bond donors (Lipinski definition) is 1. The van der Waals surface area contributed by atoms with Crippen molar-refractivity contribution >= 4 is 55.4 Å². The summed E-state index contributed by atoms with van der Waals surface area (Å²) in [5.41, 5.74) is 12.3. The van der Waals surface area contributed by atoms with Crippen molar-refractivity contribution in [1.29, 1.82) is 0 Å². The molecule has 1 N–H and O–H groups in total. The van der Waals surface area contributed by atoms with Crippen LogP contribution in [0.5, 0.6) is 0 Å². The van der Waals surface area contributed by atoms with Gasteiger partial charge in [0.25, 0.3) is 0 Å².